The summed E-state index contributed by atoms with van der Waals surface area (Å²) in [6.45, 7) is 5.37. The van der Waals surface area contributed by atoms with Crippen LogP contribution in [-0.2, 0) is 9.53 Å². The van der Waals surface area contributed by atoms with E-state index in [0.29, 0.717) is 0 Å². The van der Waals surface area contributed by atoms with E-state index < -0.39 is 0 Å². The van der Waals surface area contributed by atoms with Crippen LogP contribution < -0.4 is 10.6 Å². The molecule has 148 valence electrons. The molecule has 0 aromatic heterocycles. The first-order valence-corrected chi connectivity index (χ1v) is 9.43. The summed E-state index contributed by atoms with van der Waals surface area (Å²) in [4.78, 5) is 17.7. The molecule has 1 aliphatic rings. The normalized spacial score (nSPS) is 14.9. The first-order chi connectivity index (χ1) is 11.6. The molecule has 1 aliphatic carbocycles. The molecule has 0 heterocycles. The second-order valence-corrected chi connectivity index (χ2v) is 6.65. The van der Waals surface area contributed by atoms with Crippen LogP contribution in [0.25, 0.3) is 0 Å². The number of rotatable bonds is 11. The summed E-state index contributed by atoms with van der Waals surface area (Å²) in [5, 5.41) is 6.65. The number of nitrogens with one attached hydrogen (secondary N) is 2. The number of aliphatic imine (C=N–C) groups is 1. The van der Waals surface area contributed by atoms with Crippen LogP contribution >= 0.6 is 24.0 Å². The van der Waals surface area contributed by atoms with Gasteiger partial charge in [-0.05, 0) is 32.1 Å². The van der Waals surface area contributed by atoms with Crippen molar-refractivity contribution in [1.82, 2.24) is 15.5 Å². The minimum absolute atomic E-state index is 0. The molecule has 0 unspecified atom stereocenters. The average molecular weight is 468 g/mol. The molecule has 25 heavy (non-hydrogen) atoms. The Balaban J connectivity index is 0.00000576. The van der Waals surface area contributed by atoms with Crippen LogP contribution in [0.5, 0.6) is 0 Å². The summed E-state index contributed by atoms with van der Waals surface area (Å²) in [6.07, 6.45) is 8.98. The van der Waals surface area contributed by atoms with Gasteiger partial charge in [-0.1, -0.05) is 25.7 Å². The zero-order valence-electron chi connectivity index (χ0n) is 16.2. The molecule has 0 radical (unpaired) electrons. The summed E-state index contributed by atoms with van der Waals surface area (Å²) >= 11 is 0. The predicted molar refractivity (Wildman–Crippen MR) is 115 cm³/mol. The van der Waals surface area contributed by atoms with Crippen molar-refractivity contribution in [1.29, 1.82) is 0 Å². The zero-order valence-corrected chi connectivity index (χ0v) is 18.5. The molecule has 0 atom stereocenters. The van der Waals surface area contributed by atoms with Gasteiger partial charge in [0, 0.05) is 40.4 Å². The maximum absolute atomic E-state index is 11.7. The minimum atomic E-state index is 0. The van der Waals surface area contributed by atoms with Gasteiger partial charge in [0.25, 0.3) is 0 Å². The summed E-state index contributed by atoms with van der Waals surface area (Å²) in [6, 6.07) is 0. The molecule has 1 amide bonds. The Labute approximate surface area is 170 Å². The highest BCUT2D eigenvalue weighted by atomic mass is 127. The van der Waals surface area contributed by atoms with Gasteiger partial charge in [-0.25, -0.2) is 4.99 Å². The molecule has 6 nitrogen and oxygen atoms in total. The number of carbonyl (C=O) groups excluding carboxylic acids is 1. The first kappa shape index (κ1) is 24.4. The maximum atomic E-state index is 11.7. The second-order valence-electron chi connectivity index (χ2n) is 6.65. The lowest BCUT2D eigenvalue weighted by Crippen LogP contribution is -2.39. The van der Waals surface area contributed by atoms with Crippen molar-refractivity contribution in [2.75, 3.05) is 46.9 Å². The smallest absolute Gasteiger partial charge is 0.243 e. The zero-order chi connectivity index (χ0) is 17.6. The SMILES string of the molecule is CCOCCCNC(=NCC(=O)N(C)C)NCCCC1CCCC1.I. The molecule has 1 saturated carbocycles. The lowest BCUT2D eigenvalue weighted by molar-refractivity contribution is -0.127. The van der Waals surface area contributed by atoms with E-state index in [9.17, 15) is 4.79 Å². The number of carbonyl (C=O) groups is 1. The van der Waals surface area contributed by atoms with Gasteiger partial charge in [-0.3, -0.25) is 4.79 Å². The Morgan fingerprint density at radius 1 is 1.16 bits per heavy atom. The van der Waals surface area contributed by atoms with Crippen molar-refractivity contribution in [2.45, 2.75) is 51.9 Å². The van der Waals surface area contributed by atoms with Crippen LogP contribution in [0.1, 0.15) is 51.9 Å². The molecule has 0 bridgehead atoms. The van der Waals surface area contributed by atoms with Crippen molar-refractivity contribution in [3.05, 3.63) is 0 Å². The van der Waals surface area contributed by atoms with Crippen LogP contribution in [0.15, 0.2) is 4.99 Å². The number of amides is 1. The molecule has 0 aliphatic heterocycles. The van der Waals surface area contributed by atoms with Crippen molar-refractivity contribution >= 4 is 35.8 Å². The fourth-order valence-corrected chi connectivity index (χ4v) is 2.88. The summed E-state index contributed by atoms with van der Waals surface area (Å²) < 4.78 is 5.34. The maximum Gasteiger partial charge on any atom is 0.243 e. The monoisotopic (exact) mass is 468 g/mol. The Morgan fingerprint density at radius 2 is 1.80 bits per heavy atom. The molecule has 1 rings (SSSR count). The summed E-state index contributed by atoms with van der Waals surface area (Å²) in [5.41, 5.74) is 0. The van der Waals surface area contributed by atoms with Crippen LogP contribution in [0.3, 0.4) is 0 Å². The lowest BCUT2D eigenvalue weighted by Gasteiger charge is -2.14. The van der Waals surface area contributed by atoms with Crippen molar-refractivity contribution < 1.29 is 9.53 Å². The number of nitrogens with zero attached hydrogens (tertiary/aromatic N) is 2. The lowest BCUT2D eigenvalue weighted by atomic mass is 10.0. The predicted octanol–water partition coefficient (Wildman–Crippen LogP) is 2.62. The van der Waals surface area contributed by atoms with Gasteiger partial charge < -0.3 is 20.3 Å². The highest BCUT2D eigenvalue weighted by molar-refractivity contribution is 14.0. The van der Waals surface area contributed by atoms with Crippen LogP contribution in [-0.4, -0.2) is 63.7 Å². The van der Waals surface area contributed by atoms with Crippen LogP contribution in [0.4, 0.5) is 0 Å². The van der Waals surface area contributed by atoms with Gasteiger partial charge in [0.1, 0.15) is 6.54 Å². The largest absolute Gasteiger partial charge is 0.382 e. The molecular formula is C18H37IN4O2. The van der Waals surface area contributed by atoms with E-state index in [-0.39, 0.29) is 36.4 Å². The quantitative estimate of drug-likeness (QED) is 0.212. The molecular weight excluding hydrogens is 431 g/mol. The van der Waals surface area contributed by atoms with Crippen LogP contribution in [0, 0.1) is 5.92 Å². The van der Waals surface area contributed by atoms with Gasteiger partial charge in [-0.2, -0.15) is 0 Å². The van der Waals surface area contributed by atoms with Crippen molar-refractivity contribution in [2.24, 2.45) is 10.9 Å². The Hall–Kier alpha value is -0.570. The topological polar surface area (TPSA) is 66.0 Å². The number of guanidine groups is 1. The van der Waals surface area contributed by atoms with Crippen molar-refractivity contribution in [3.63, 3.8) is 0 Å². The molecule has 0 aromatic rings. The Bertz CT molecular complexity index is 372. The van der Waals surface area contributed by atoms with E-state index in [1.54, 1.807) is 19.0 Å². The molecule has 2 N–H and O–H groups in total. The van der Waals surface area contributed by atoms with Crippen molar-refractivity contribution in [3.8, 4) is 0 Å². The molecule has 0 saturated heterocycles. The number of hydrogen-bond donors (Lipinski definition) is 2. The molecule has 0 spiro atoms. The van der Waals surface area contributed by atoms with E-state index in [1.807, 2.05) is 6.92 Å². The number of hydrogen-bond acceptors (Lipinski definition) is 3. The summed E-state index contributed by atoms with van der Waals surface area (Å²) in [7, 11) is 3.50. The minimum Gasteiger partial charge on any atom is -0.382 e. The van der Waals surface area contributed by atoms with Gasteiger partial charge in [0.05, 0.1) is 0 Å². The third-order valence-corrected chi connectivity index (χ3v) is 4.39. The van der Waals surface area contributed by atoms with E-state index in [2.05, 4.69) is 15.6 Å². The van der Waals surface area contributed by atoms with E-state index in [4.69, 9.17) is 4.74 Å². The van der Waals surface area contributed by atoms with E-state index in [1.165, 1.54) is 32.1 Å². The first-order valence-electron chi connectivity index (χ1n) is 9.43. The summed E-state index contributed by atoms with van der Waals surface area (Å²) in [5.74, 6) is 1.66. The van der Waals surface area contributed by atoms with Gasteiger partial charge >= 0.3 is 0 Å². The van der Waals surface area contributed by atoms with E-state index in [0.717, 1.165) is 51.0 Å². The fraction of sp³-hybridized carbons (Fsp3) is 0.889. The number of ether oxygens (including phenoxy) is 1. The molecule has 7 heteroatoms. The second kappa shape index (κ2) is 15.7. The Morgan fingerprint density at radius 3 is 2.40 bits per heavy atom. The average Bonchev–Trinajstić information content (AvgIpc) is 3.08. The Kier molecular flexibility index (Phi) is 15.3. The number of halogens is 1. The van der Waals surface area contributed by atoms with E-state index >= 15 is 0 Å². The third-order valence-electron chi connectivity index (χ3n) is 4.39. The molecule has 1 fully saturated rings. The van der Waals surface area contributed by atoms with Crippen LogP contribution in [0.2, 0.25) is 0 Å². The number of likely N-dealkylation sites (N-methyl/N-ethyl adjacent to an activating group) is 1. The van der Waals surface area contributed by atoms with Gasteiger partial charge in [-0.15, -0.1) is 24.0 Å². The highest BCUT2D eigenvalue weighted by Gasteiger charge is 2.14. The van der Waals surface area contributed by atoms with Gasteiger partial charge in [0.2, 0.25) is 5.91 Å². The fourth-order valence-electron chi connectivity index (χ4n) is 2.88. The van der Waals surface area contributed by atoms with Gasteiger partial charge in [0.15, 0.2) is 5.96 Å². The third kappa shape index (κ3) is 12.4. The molecule has 0 aromatic carbocycles. The standard InChI is InChI=1S/C18H36N4O2.HI/c1-4-24-14-8-13-20-18(21-15-17(23)22(2)3)19-12-7-11-16-9-5-6-10-16;/h16H,4-15H2,1-3H3,(H2,19,20,21);1H. The highest BCUT2D eigenvalue weighted by Crippen LogP contribution is 2.28.